The molecule has 0 radical (unpaired) electrons. The molecule has 1 atom stereocenters. The lowest BCUT2D eigenvalue weighted by Gasteiger charge is -2.35. The Labute approximate surface area is 143 Å². The van der Waals surface area contributed by atoms with Crippen molar-refractivity contribution in [3.05, 3.63) is 35.4 Å². The van der Waals surface area contributed by atoms with Crippen molar-refractivity contribution in [2.24, 2.45) is 0 Å². The number of fused-ring (bicyclic) bond motifs is 1. The molecule has 0 bridgehead atoms. The predicted molar refractivity (Wildman–Crippen MR) is 91.4 cm³/mol. The van der Waals surface area contributed by atoms with Crippen LogP contribution in [0.5, 0.6) is 0 Å². The number of hydrogen-bond donors (Lipinski definition) is 0. The Kier molecular flexibility index (Phi) is 4.04. The Morgan fingerprint density at radius 2 is 1.88 bits per heavy atom. The molecule has 3 fully saturated rings. The molecule has 1 aromatic carbocycles. The van der Waals surface area contributed by atoms with Crippen molar-refractivity contribution in [1.29, 1.82) is 0 Å². The second-order valence-corrected chi connectivity index (χ2v) is 7.34. The van der Waals surface area contributed by atoms with E-state index in [1.54, 1.807) is 9.80 Å². The molecule has 0 spiro atoms. The number of imide groups is 1. The Hall–Kier alpha value is -1.88. The summed E-state index contributed by atoms with van der Waals surface area (Å²) in [5.41, 5.74) is 2.62. The van der Waals surface area contributed by atoms with Crippen molar-refractivity contribution in [2.45, 2.75) is 51.2 Å². The minimum Gasteiger partial charge on any atom is -0.312 e. The van der Waals surface area contributed by atoms with E-state index in [-0.39, 0.29) is 24.0 Å². The van der Waals surface area contributed by atoms with Crippen LogP contribution in [-0.4, -0.2) is 58.4 Å². The average Bonchev–Trinajstić information content (AvgIpc) is 3.13. The first-order valence-electron chi connectivity index (χ1n) is 9.05. The topological polar surface area (TPSA) is 43.9 Å². The van der Waals surface area contributed by atoms with Gasteiger partial charge in [-0.15, -0.1) is 0 Å². The Morgan fingerprint density at radius 3 is 2.58 bits per heavy atom. The second kappa shape index (κ2) is 6.20. The summed E-state index contributed by atoms with van der Waals surface area (Å²) in [6.07, 6.45) is 3.59. The van der Waals surface area contributed by atoms with Gasteiger partial charge in [0.1, 0.15) is 6.04 Å². The molecule has 0 N–H and O–H groups in total. The highest BCUT2D eigenvalue weighted by Crippen LogP contribution is 2.31. The molecular formula is C19H25N3O2. The van der Waals surface area contributed by atoms with Crippen LogP contribution in [-0.2, 0) is 11.3 Å². The number of benzene rings is 1. The highest BCUT2D eigenvalue weighted by molar-refractivity contribution is 6.04. The number of piperidine rings is 1. The third-order valence-corrected chi connectivity index (χ3v) is 5.64. The maximum atomic E-state index is 12.6. The van der Waals surface area contributed by atoms with Gasteiger partial charge in [0, 0.05) is 32.2 Å². The van der Waals surface area contributed by atoms with Gasteiger partial charge in [0.2, 0.25) is 0 Å². The van der Waals surface area contributed by atoms with E-state index in [2.05, 4.69) is 36.1 Å². The molecule has 0 aromatic heterocycles. The maximum Gasteiger partial charge on any atom is 0.327 e. The zero-order valence-electron chi connectivity index (χ0n) is 14.3. The molecule has 0 aliphatic carbocycles. The van der Waals surface area contributed by atoms with Gasteiger partial charge in [0.05, 0.1) is 0 Å². The quantitative estimate of drug-likeness (QED) is 0.801. The zero-order chi connectivity index (χ0) is 16.7. The molecule has 5 nitrogen and oxygen atoms in total. The first-order valence-corrected chi connectivity index (χ1v) is 9.05. The van der Waals surface area contributed by atoms with Crippen LogP contribution in [0, 0.1) is 6.92 Å². The summed E-state index contributed by atoms with van der Waals surface area (Å²) in [6.45, 7) is 5.70. The van der Waals surface area contributed by atoms with E-state index >= 15 is 0 Å². The minimum absolute atomic E-state index is 0.0420. The van der Waals surface area contributed by atoms with Gasteiger partial charge < -0.3 is 4.90 Å². The summed E-state index contributed by atoms with van der Waals surface area (Å²) >= 11 is 0. The largest absolute Gasteiger partial charge is 0.327 e. The highest BCUT2D eigenvalue weighted by Gasteiger charge is 2.49. The van der Waals surface area contributed by atoms with Crippen LogP contribution in [0.2, 0.25) is 0 Å². The molecule has 24 heavy (non-hydrogen) atoms. The van der Waals surface area contributed by atoms with Crippen molar-refractivity contribution >= 4 is 11.9 Å². The minimum atomic E-state index is -0.164. The summed E-state index contributed by atoms with van der Waals surface area (Å²) in [6, 6.07) is 8.50. The van der Waals surface area contributed by atoms with E-state index in [1.807, 2.05) is 0 Å². The Bertz CT molecular complexity index is 630. The van der Waals surface area contributed by atoms with E-state index in [9.17, 15) is 9.59 Å². The van der Waals surface area contributed by atoms with Crippen LogP contribution in [0.4, 0.5) is 4.79 Å². The van der Waals surface area contributed by atoms with Gasteiger partial charge in [0.15, 0.2) is 0 Å². The first-order chi connectivity index (χ1) is 11.6. The summed E-state index contributed by atoms with van der Waals surface area (Å²) in [7, 11) is 0. The SMILES string of the molecule is Cc1cccc(CN2CCC(N3C(=O)[C@@H]4CCCN4C3=O)CC2)c1. The molecule has 128 valence electrons. The van der Waals surface area contributed by atoms with Crippen LogP contribution in [0.15, 0.2) is 24.3 Å². The van der Waals surface area contributed by atoms with E-state index in [0.29, 0.717) is 0 Å². The molecule has 4 rings (SSSR count). The number of likely N-dealkylation sites (tertiary alicyclic amines) is 1. The maximum absolute atomic E-state index is 12.6. The summed E-state index contributed by atoms with van der Waals surface area (Å²) in [5, 5.41) is 0. The van der Waals surface area contributed by atoms with E-state index < -0.39 is 0 Å². The molecule has 5 heteroatoms. The van der Waals surface area contributed by atoms with Gasteiger partial charge in [0.25, 0.3) is 5.91 Å². The van der Waals surface area contributed by atoms with Gasteiger partial charge in [-0.1, -0.05) is 29.8 Å². The standard InChI is InChI=1S/C19H25N3O2/c1-14-4-2-5-15(12-14)13-20-10-7-16(8-11-20)22-18(23)17-6-3-9-21(17)19(22)24/h2,4-5,12,16-17H,3,6-11,13H2,1H3/t17-/m0/s1. The van der Waals surface area contributed by atoms with E-state index in [1.165, 1.54) is 11.1 Å². The molecular weight excluding hydrogens is 302 g/mol. The average molecular weight is 327 g/mol. The summed E-state index contributed by atoms with van der Waals surface area (Å²) in [5.74, 6) is 0.0506. The van der Waals surface area contributed by atoms with E-state index in [4.69, 9.17) is 0 Å². The second-order valence-electron chi connectivity index (χ2n) is 7.34. The number of aryl methyl sites for hydroxylation is 1. The fourth-order valence-corrected chi connectivity index (χ4v) is 4.39. The molecule has 1 aromatic rings. The smallest absolute Gasteiger partial charge is 0.312 e. The monoisotopic (exact) mass is 327 g/mol. The van der Waals surface area contributed by atoms with Crippen LogP contribution in [0.3, 0.4) is 0 Å². The number of hydrogen-bond acceptors (Lipinski definition) is 3. The van der Waals surface area contributed by atoms with Crippen LogP contribution in [0.25, 0.3) is 0 Å². The van der Waals surface area contributed by atoms with Gasteiger partial charge in [-0.2, -0.15) is 0 Å². The lowest BCUT2D eigenvalue weighted by molar-refractivity contribution is -0.130. The summed E-state index contributed by atoms with van der Waals surface area (Å²) < 4.78 is 0. The van der Waals surface area contributed by atoms with Crippen LogP contribution < -0.4 is 0 Å². The lowest BCUT2D eigenvalue weighted by Crippen LogP contribution is -2.48. The highest BCUT2D eigenvalue weighted by atomic mass is 16.2. The fraction of sp³-hybridized carbons (Fsp3) is 0.579. The third-order valence-electron chi connectivity index (χ3n) is 5.64. The Balaban J connectivity index is 1.36. The van der Waals surface area contributed by atoms with Gasteiger partial charge >= 0.3 is 6.03 Å². The number of nitrogens with zero attached hydrogens (tertiary/aromatic N) is 3. The van der Waals surface area contributed by atoms with Crippen molar-refractivity contribution in [3.8, 4) is 0 Å². The molecule has 3 saturated heterocycles. The molecule has 3 aliphatic heterocycles. The number of rotatable bonds is 3. The normalized spacial score (nSPS) is 25.6. The van der Waals surface area contributed by atoms with Crippen LogP contribution in [0.1, 0.15) is 36.8 Å². The van der Waals surface area contributed by atoms with Crippen LogP contribution >= 0.6 is 0 Å². The van der Waals surface area contributed by atoms with Crippen molar-refractivity contribution in [2.75, 3.05) is 19.6 Å². The van der Waals surface area contributed by atoms with Crippen molar-refractivity contribution in [3.63, 3.8) is 0 Å². The predicted octanol–water partition coefficient (Wildman–Crippen LogP) is 2.39. The fourth-order valence-electron chi connectivity index (χ4n) is 4.39. The number of carbonyl (C=O) groups excluding carboxylic acids is 2. The van der Waals surface area contributed by atoms with Gasteiger partial charge in [-0.05, 0) is 38.2 Å². The summed E-state index contributed by atoms with van der Waals surface area (Å²) in [4.78, 5) is 30.9. The van der Waals surface area contributed by atoms with E-state index in [0.717, 1.165) is 51.9 Å². The number of amides is 3. The van der Waals surface area contributed by atoms with Gasteiger partial charge in [-0.3, -0.25) is 14.6 Å². The molecule has 3 heterocycles. The number of carbonyl (C=O) groups is 2. The van der Waals surface area contributed by atoms with Crippen molar-refractivity contribution in [1.82, 2.24) is 14.7 Å². The molecule has 3 amide bonds. The zero-order valence-corrected chi connectivity index (χ0v) is 14.3. The van der Waals surface area contributed by atoms with Gasteiger partial charge in [-0.25, -0.2) is 4.79 Å². The third kappa shape index (κ3) is 2.71. The lowest BCUT2D eigenvalue weighted by atomic mass is 10.0. The molecule has 3 aliphatic rings. The number of urea groups is 1. The molecule has 0 unspecified atom stereocenters. The Morgan fingerprint density at radius 1 is 1.08 bits per heavy atom. The van der Waals surface area contributed by atoms with Crippen molar-refractivity contribution < 1.29 is 9.59 Å². The first kappa shape index (κ1) is 15.6. The molecule has 0 saturated carbocycles.